The first kappa shape index (κ1) is 36.1. The fraction of sp³-hybridized carbons (Fsp3) is 0. The van der Waals surface area contributed by atoms with Gasteiger partial charge in [-0.1, -0.05) is 0 Å². The van der Waals surface area contributed by atoms with Gasteiger partial charge in [-0.2, -0.15) is 0 Å². The molecule has 0 rings (SSSR count). The first-order valence-electron chi connectivity index (χ1n) is 1.95. The minimum Gasteiger partial charge on any atom is -0.780 e. The Morgan fingerprint density at radius 3 is 1.00 bits per heavy atom. The molecule has 0 atom stereocenters. The van der Waals surface area contributed by atoms with E-state index in [2.05, 4.69) is 11.2 Å². The smallest absolute Gasteiger partial charge is 0.780 e. The molecule has 3 N–H and O–H groups in total. The predicted octanol–water partition coefficient (Wildman–Crippen LogP) is -10.9. The average Bonchev–Trinajstić information content (AvgIpc) is 1.50. The number of rotatable bonds is 0. The SMILES string of the molecule is O=C(O)O.O=C([O-])O.O=S([O-])([O-])=S.[Na+].[Na+].[Na+]. The van der Waals surface area contributed by atoms with Gasteiger partial charge in [0.05, 0.1) is 0 Å². The summed E-state index contributed by atoms with van der Waals surface area (Å²) in [7, 11) is -4.33. The van der Waals surface area contributed by atoms with Crippen molar-refractivity contribution in [3.8, 4) is 0 Å². The number of hydrogen-bond acceptors (Lipinski definition) is 7. The molecule has 0 aromatic heterocycles. The Labute approximate surface area is 162 Å². The Morgan fingerprint density at radius 2 is 1.00 bits per heavy atom. The van der Waals surface area contributed by atoms with Crippen LogP contribution in [0.2, 0.25) is 0 Å². The molecule has 0 saturated heterocycles. The van der Waals surface area contributed by atoms with Crippen molar-refractivity contribution in [3.05, 3.63) is 0 Å². The zero-order valence-corrected chi connectivity index (χ0v) is 16.2. The zero-order chi connectivity index (χ0) is 11.7. The number of carbonyl (C=O) groups is 2. The average molecular weight is 304 g/mol. The van der Waals surface area contributed by atoms with Gasteiger partial charge >= 0.3 is 94.8 Å². The summed E-state index contributed by atoms with van der Waals surface area (Å²) < 4.78 is 26.7. The number of hydrogen-bond donors (Lipinski definition) is 3. The summed E-state index contributed by atoms with van der Waals surface area (Å²) in [6.07, 6.45) is -3.92. The van der Waals surface area contributed by atoms with Gasteiger partial charge < -0.3 is 34.3 Å². The molecule has 0 unspecified atom stereocenters. The van der Waals surface area contributed by atoms with Crippen LogP contribution in [0, 0.1) is 0 Å². The van der Waals surface area contributed by atoms with Gasteiger partial charge in [-0.25, -0.2) is 4.79 Å². The second-order valence-electron chi connectivity index (χ2n) is 0.957. The maximum Gasteiger partial charge on any atom is 1.00 e. The summed E-state index contributed by atoms with van der Waals surface area (Å²) in [6, 6.07) is 0. The first-order valence-corrected chi connectivity index (χ1v) is 4.28. The van der Waals surface area contributed by atoms with Crippen LogP contribution in [0.4, 0.5) is 9.59 Å². The molecule has 80 valence electrons. The van der Waals surface area contributed by atoms with Crippen LogP contribution in [-0.2, 0) is 20.2 Å². The van der Waals surface area contributed by atoms with Gasteiger partial charge in [0.25, 0.3) is 0 Å². The van der Waals surface area contributed by atoms with E-state index >= 15 is 0 Å². The van der Waals surface area contributed by atoms with E-state index in [4.69, 9.17) is 43.3 Å². The second-order valence-corrected chi connectivity index (χ2v) is 3.00. The van der Waals surface area contributed by atoms with Crippen molar-refractivity contribution in [1.29, 1.82) is 0 Å². The van der Waals surface area contributed by atoms with E-state index in [1.165, 1.54) is 0 Å². The van der Waals surface area contributed by atoms with Crippen molar-refractivity contribution in [1.82, 2.24) is 0 Å². The van der Waals surface area contributed by atoms with Crippen LogP contribution in [-0.4, -0.2) is 40.9 Å². The molecule has 0 radical (unpaired) electrons. The van der Waals surface area contributed by atoms with Crippen LogP contribution in [0.5, 0.6) is 0 Å². The topological polar surface area (TPSA) is 181 Å². The van der Waals surface area contributed by atoms with E-state index < -0.39 is 21.4 Å². The number of carboxylic acid groups (broad SMARTS) is 4. The van der Waals surface area contributed by atoms with Gasteiger partial charge in [-0.05, 0) is 11.2 Å². The van der Waals surface area contributed by atoms with E-state index in [-0.39, 0.29) is 88.7 Å². The molecular weight excluding hydrogens is 301 g/mol. The summed E-state index contributed by atoms with van der Waals surface area (Å²) in [5.74, 6) is 0. The van der Waals surface area contributed by atoms with Crippen LogP contribution in [0.1, 0.15) is 0 Å². The third kappa shape index (κ3) is 1040. The predicted molar refractivity (Wildman–Crippen MR) is 35.7 cm³/mol. The molecule has 0 bridgehead atoms. The standard InChI is InChI=1S/2CH2O3.3Na.H2O3S2/c2*2-1(3)4;;;;1-5(2,3)4/h2*(H2,2,3,4);;;;(H2,1,2,3,4)/q;;3*+1;/p-3. The van der Waals surface area contributed by atoms with Crippen molar-refractivity contribution in [2.45, 2.75) is 0 Å². The van der Waals surface area contributed by atoms with Crippen LogP contribution in [0.25, 0.3) is 0 Å². The van der Waals surface area contributed by atoms with Crippen LogP contribution < -0.4 is 93.8 Å². The molecule has 0 saturated carbocycles. The van der Waals surface area contributed by atoms with Gasteiger partial charge in [-0.3, -0.25) is 4.21 Å². The van der Waals surface area contributed by atoms with Crippen LogP contribution in [0.3, 0.4) is 0 Å². The summed E-state index contributed by atoms with van der Waals surface area (Å²) in [6.45, 7) is 0. The minimum absolute atomic E-state index is 0. The van der Waals surface area contributed by atoms with Gasteiger partial charge in [-0.15, -0.1) is 9.05 Å². The van der Waals surface area contributed by atoms with Crippen LogP contribution >= 0.6 is 0 Å². The largest absolute Gasteiger partial charge is 1.00 e. The molecule has 0 spiro atoms. The molecule has 0 amide bonds. The van der Waals surface area contributed by atoms with Crippen molar-refractivity contribution < 1.29 is 132 Å². The molecule has 0 aromatic carbocycles. The van der Waals surface area contributed by atoms with Gasteiger partial charge in [0.2, 0.25) is 6.16 Å². The van der Waals surface area contributed by atoms with E-state index in [1.54, 1.807) is 0 Å². The third-order valence-electron chi connectivity index (χ3n) is 0. The molecule has 0 aromatic rings. The Bertz CT molecular complexity index is 221. The van der Waals surface area contributed by atoms with E-state index in [9.17, 15) is 0 Å². The Kier molecular flexibility index (Phi) is 49.7. The van der Waals surface area contributed by atoms with Gasteiger partial charge in [0.15, 0.2) is 0 Å². The van der Waals surface area contributed by atoms with E-state index in [0.29, 0.717) is 0 Å². The molecule has 14 heteroatoms. The van der Waals surface area contributed by atoms with Crippen LogP contribution in [0.15, 0.2) is 0 Å². The van der Waals surface area contributed by atoms with Gasteiger partial charge in [0.1, 0.15) is 0 Å². The van der Waals surface area contributed by atoms with Crippen molar-refractivity contribution >= 4 is 32.6 Å². The maximum absolute atomic E-state index is 8.89. The molecule has 0 aliphatic carbocycles. The molecule has 0 fully saturated rings. The normalized spacial score (nSPS) is 6.62. The fourth-order valence-corrected chi connectivity index (χ4v) is 0. The van der Waals surface area contributed by atoms with Crippen molar-refractivity contribution in [2.24, 2.45) is 0 Å². The van der Waals surface area contributed by atoms with E-state index in [1.807, 2.05) is 0 Å². The molecule has 0 aliphatic heterocycles. The second kappa shape index (κ2) is 22.0. The van der Waals surface area contributed by atoms with Crippen molar-refractivity contribution in [3.63, 3.8) is 0 Å². The first-order chi connectivity index (χ1) is 5.46. The quantitative estimate of drug-likeness (QED) is 0.363. The van der Waals surface area contributed by atoms with Gasteiger partial charge in [0, 0.05) is 0 Å². The summed E-state index contributed by atoms with van der Waals surface area (Å²) in [5, 5.41) is 29.2. The summed E-state index contributed by atoms with van der Waals surface area (Å²) in [5.41, 5.74) is 0. The molecule has 0 aliphatic rings. The molecule has 16 heavy (non-hydrogen) atoms. The molecule has 0 heterocycles. The monoisotopic (exact) mass is 304 g/mol. The minimum atomic E-state index is -4.33. The Hall–Kier alpha value is 1.83. The summed E-state index contributed by atoms with van der Waals surface area (Å²) in [4.78, 5) is 17.0. The maximum atomic E-state index is 8.89. The van der Waals surface area contributed by atoms with E-state index in [0.717, 1.165) is 0 Å². The third-order valence-corrected chi connectivity index (χ3v) is 0. The molecule has 9 nitrogen and oxygen atoms in total. The molecular formula is C2H3Na3O9S2. The fourth-order valence-electron chi connectivity index (χ4n) is 0. The summed E-state index contributed by atoms with van der Waals surface area (Å²) >= 11 is 3.24. The Balaban J connectivity index is -0.0000000216. The zero-order valence-electron chi connectivity index (χ0n) is 8.61. The Morgan fingerprint density at radius 1 is 1.00 bits per heavy atom. The van der Waals surface area contributed by atoms with Crippen molar-refractivity contribution in [2.75, 3.05) is 0 Å².